The van der Waals surface area contributed by atoms with Crippen LogP contribution >= 0.6 is 0 Å². The van der Waals surface area contributed by atoms with Crippen molar-refractivity contribution in [3.05, 3.63) is 0 Å². The Bertz CT molecular complexity index is 155. The normalized spacial score (nSPS) is 14.3. The van der Waals surface area contributed by atoms with E-state index in [0.29, 0.717) is 6.42 Å². The van der Waals surface area contributed by atoms with Crippen molar-refractivity contribution >= 4 is 5.97 Å². The van der Waals surface area contributed by atoms with Gasteiger partial charge in [-0.1, -0.05) is 27.2 Å². The molecule has 0 bridgehead atoms. The van der Waals surface area contributed by atoms with Crippen LogP contribution in [0.4, 0.5) is 0 Å². The topological polar surface area (TPSA) is 49.3 Å². The van der Waals surface area contributed by atoms with E-state index in [4.69, 9.17) is 5.11 Å². The molecule has 3 nitrogen and oxygen atoms in total. The summed E-state index contributed by atoms with van der Waals surface area (Å²) in [6.45, 7) is 6.25. The molecule has 0 aliphatic carbocycles. The Morgan fingerprint density at radius 3 is 2.33 bits per heavy atom. The molecular formula is C9H19NO2. The molecular weight excluding hydrogens is 154 g/mol. The summed E-state index contributed by atoms with van der Waals surface area (Å²) in [6, 6.07) is -0.417. The van der Waals surface area contributed by atoms with Crippen LogP contribution in [0.2, 0.25) is 0 Å². The Balaban J connectivity index is 4.11. The van der Waals surface area contributed by atoms with Gasteiger partial charge in [-0.15, -0.1) is 0 Å². The first-order chi connectivity index (χ1) is 5.43. The lowest BCUT2D eigenvalue weighted by atomic mass is 9.83. The highest BCUT2D eigenvalue weighted by Gasteiger charge is 2.24. The second-order valence-corrected chi connectivity index (χ2v) is 3.90. The van der Waals surface area contributed by atoms with Gasteiger partial charge < -0.3 is 10.4 Å². The van der Waals surface area contributed by atoms with Gasteiger partial charge in [0.1, 0.15) is 6.04 Å². The van der Waals surface area contributed by atoms with E-state index in [9.17, 15) is 4.79 Å². The summed E-state index contributed by atoms with van der Waals surface area (Å²) in [5.74, 6) is -0.765. The molecule has 0 aromatic carbocycles. The number of likely N-dealkylation sites (N-methyl/N-ethyl adjacent to an activating group) is 1. The van der Waals surface area contributed by atoms with Crippen molar-refractivity contribution in [3.63, 3.8) is 0 Å². The molecule has 0 amide bonds. The second-order valence-electron chi connectivity index (χ2n) is 3.90. The zero-order valence-electron chi connectivity index (χ0n) is 8.35. The first kappa shape index (κ1) is 11.4. The van der Waals surface area contributed by atoms with Crippen molar-refractivity contribution in [3.8, 4) is 0 Å². The smallest absolute Gasteiger partial charge is 0.320 e. The van der Waals surface area contributed by atoms with E-state index in [0.717, 1.165) is 6.42 Å². The van der Waals surface area contributed by atoms with Gasteiger partial charge in [0.15, 0.2) is 0 Å². The zero-order valence-corrected chi connectivity index (χ0v) is 8.35. The fourth-order valence-corrected chi connectivity index (χ4v) is 1.01. The zero-order chi connectivity index (χ0) is 9.78. The van der Waals surface area contributed by atoms with E-state index < -0.39 is 12.0 Å². The number of hydrogen-bond acceptors (Lipinski definition) is 2. The van der Waals surface area contributed by atoms with Crippen LogP contribution < -0.4 is 5.32 Å². The van der Waals surface area contributed by atoms with Crippen molar-refractivity contribution < 1.29 is 9.90 Å². The average molecular weight is 173 g/mol. The third-order valence-corrected chi connectivity index (χ3v) is 2.36. The number of hydrogen-bond donors (Lipinski definition) is 2. The van der Waals surface area contributed by atoms with Crippen LogP contribution in [0.5, 0.6) is 0 Å². The Kier molecular flexibility index (Phi) is 4.24. The summed E-state index contributed by atoms with van der Waals surface area (Å²) in [5, 5.41) is 11.6. The summed E-state index contributed by atoms with van der Waals surface area (Å²) in [4.78, 5) is 10.7. The molecule has 0 aliphatic heterocycles. The van der Waals surface area contributed by atoms with E-state index in [-0.39, 0.29) is 5.41 Å². The molecule has 0 saturated heterocycles. The highest BCUT2D eigenvalue weighted by molar-refractivity contribution is 5.73. The molecule has 0 fully saturated rings. The highest BCUT2D eigenvalue weighted by atomic mass is 16.4. The first-order valence-electron chi connectivity index (χ1n) is 4.33. The number of carboxylic acid groups (broad SMARTS) is 1. The number of rotatable bonds is 5. The van der Waals surface area contributed by atoms with Gasteiger partial charge in [-0.2, -0.15) is 0 Å². The molecule has 0 saturated carbocycles. The molecule has 0 radical (unpaired) electrons. The predicted octanol–water partition coefficient (Wildman–Crippen LogP) is 1.49. The van der Waals surface area contributed by atoms with Crippen LogP contribution in [0, 0.1) is 5.41 Å². The third-order valence-electron chi connectivity index (χ3n) is 2.36. The molecule has 2 N–H and O–H groups in total. The van der Waals surface area contributed by atoms with Gasteiger partial charge >= 0.3 is 5.97 Å². The van der Waals surface area contributed by atoms with Gasteiger partial charge in [-0.3, -0.25) is 4.79 Å². The molecule has 0 aromatic heterocycles. The number of carbonyl (C=O) groups is 1. The molecule has 0 aliphatic rings. The minimum Gasteiger partial charge on any atom is -0.480 e. The summed E-state index contributed by atoms with van der Waals surface area (Å²) < 4.78 is 0. The van der Waals surface area contributed by atoms with Gasteiger partial charge in [0.05, 0.1) is 0 Å². The van der Waals surface area contributed by atoms with Crippen LogP contribution in [0.3, 0.4) is 0 Å². The average Bonchev–Trinajstić information content (AvgIpc) is 2.00. The van der Waals surface area contributed by atoms with Crippen molar-refractivity contribution in [2.75, 3.05) is 7.05 Å². The molecule has 3 heteroatoms. The van der Waals surface area contributed by atoms with Crippen LogP contribution in [0.25, 0.3) is 0 Å². The largest absolute Gasteiger partial charge is 0.480 e. The fourth-order valence-electron chi connectivity index (χ4n) is 1.01. The quantitative estimate of drug-likeness (QED) is 0.662. The van der Waals surface area contributed by atoms with E-state index in [2.05, 4.69) is 26.1 Å². The standard InChI is InChI=1S/C9H19NO2/c1-5-9(2,3)6-7(10-4)8(11)12/h7,10H,5-6H2,1-4H3,(H,11,12)/t7-/m0/s1. The maximum atomic E-state index is 10.7. The maximum Gasteiger partial charge on any atom is 0.320 e. The summed E-state index contributed by atoms with van der Waals surface area (Å²) in [7, 11) is 1.69. The van der Waals surface area contributed by atoms with Crippen molar-refractivity contribution in [1.29, 1.82) is 0 Å². The van der Waals surface area contributed by atoms with Crippen LogP contribution in [-0.2, 0) is 4.79 Å². The van der Waals surface area contributed by atoms with Crippen molar-refractivity contribution in [1.82, 2.24) is 5.32 Å². The number of carboxylic acids is 1. The number of nitrogens with one attached hydrogen (secondary N) is 1. The molecule has 0 aromatic rings. The Hall–Kier alpha value is -0.570. The minimum absolute atomic E-state index is 0.103. The van der Waals surface area contributed by atoms with E-state index in [1.54, 1.807) is 7.05 Å². The van der Waals surface area contributed by atoms with Gasteiger partial charge in [0.2, 0.25) is 0 Å². The van der Waals surface area contributed by atoms with Crippen molar-refractivity contribution in [2.24, 2.45) is 5.41 Å². The summed E-state index contributed by atoms with van der Waals surface area (Å²) in [6.07, 6.45) is 1.67. The molecule has 72 valence electrons. The monoisotopic (exact) mass is 173 g/mol. The van der Waals surface area contributed by atoms with E-state index in [1.165, 1.54) is 0 Å². The Morgan fingerprint density at radius 2 is 2.08 bits per heavy atom. The molecule has 0 rings (SSSR count). The van der Waals surface area contributed by atoms with Crippen LogP contribution in [-0.4, -0.2) is 24.2 Å². The van der Waals surface area contributed by atoms with Gasteiger partial charge in [-0.05, 0) is 18.9 Å². The van der Waals surface area contributed by atoms with Crippen LogP contribution in [0.1, 0.15) is 33.6 Å². The lowest BCUT2D eigenvalue weighted by molar-refractivity contribution is -0.140. The second kappa shape index (κ2) is 4.45. The SMILES string of the molecule is CCC(C)(C)C[C@H](NC)C(=O)O. The fraction of sp³-hybridized carbons (Fsp3) is 0.889. The van der Waals surface area contributed by atoms with E-state index >= 15 is 0 Å². The Labute approximate surface area is 74.2 Å². The lowest BCUT2D eigenvalue weighted by Gasteiger charge is -2.26. The molecule has 1 atom stereocenters. The van der Waals surface area contributed by atoms with E-state index in [1.807, 2.05) is 0 Å². The van der Waals surface area contributed by atoms with Gasteiger partial charge in [0, 0.05) is 0 Å². The third kappa shape index (κ3) is 3.72. The molecule has 0 spiro atoms. The summed E-state index contributed by atoms with van der Waals surface area (Å²) in [5.41, 5.74) is 0.103. The number of aliphatic carboxylic acids is 1. The lowest BCUT2D eigenvalue weighted by Crippen LogP contribution is -2.37. The highest BCUT2D eigenvalue weighted by Crippen LogP contribution is 2.25. The van der Waals surface area contributed by atoms with Crippen LogP contribution in [0.15, 0.2) is 0 Å². The van der Waals surface area contributed by atoms with Gasteiger partial charge in [0.25, 0.3) is 0 Å². The molecule has 0 heterocycles. The molecule has 12 heavy (non-hydrogen) atoms. The van der Waals surface area contributed by atoms with Gasteiger partial charge in [-0.25, -0.2) is 0 Å². The molecule has 0 unspecified atom stereocenters. The van der Waals surface area contributed by atoms with Crippen molar-refractivity contribution in [2.45, 2.75) is 39.7 Å². The minimum atomic E-state index is -0.765. The summed E-state index contributed by atoms with van der Waals surface area (Å²) >= 11 is 0. The first-order valence-corrected chi connectivity index (χ1v) is 4.33. The Morgan fingerprint density at radius 1 is 1.58 bits per heavy atom. The predicted molar refractivity (Wildman–Crippen MR) is 49.2 cm³/mol. The maximum absolute atomic E-state index is 10.7.